The van der Waals surface area contributed by atoms with E-state index in [1.54, 1.807) is 18.0 Å². The number of anilines is 1. The van der Waals surface area contributed by atoms with E-state index < -0.39 is 0 Å². The van der Waals surface area contributed by atoms with Gasteiger partial charge in [0, 0.05) is 23.5 Å². The summed E-state index contributed by atoms with van der Waals surface area (Å²) in [6.07, 6.45) is 1.92. The summed E-state index contributed by atoms with van der Waals surface area (Å²) in [4.78, 5) is 17.4. The van der Waals surface area contributed by atoms with Gasteiger partial charge in [-0.15, -0.1) is 5.10 Å². The fourth-order valence-electron chi connectivity index (χ4n) is 4.24. The van der Waals surface area contributed by atoms with E-state index in [-0.39, 0.29) is 17.8 Å². The van der Waals surface area contributed by atoms with Crippen molar-refractivity contribution >= 4 is 11.7 Å². The molecule has 4 aromatic rings. The van der Waals surface area contributed by atoms with E-state index in [0.717, 1.165) is 33.9 Å². The third-order valence-electron chi connectivity index (χ3n) is 5.80. The standard InChI is InChI=1S/C25H24N6O3/c1-4-34-18-10-8-16(9-11-18)20-13-22(32)28-24-23(20)15(2)30-31(24)25-27-21(14-26-29-25)17-6-5-7-19(12-17)33-3/h5-12,14,20H,4,13H2,1-3H3,(H,28,32)/t20-/m0/s1. The Balaban J connectivity index is 1.56. The third-order valence-corrected chi connectivity index (χ3v) is 5.80. The summed E-state index contributed by atoms with van der Waals surface area (Å²) < 4.78 is 12.4. The molecule has 0 fully saturated rings. The number of ether oxygens (including phenoxy) is 2. The van der Waals surface area contributed by atoms with Gasteiger partial charge in [-0.1, -0.05) is 24.3 Å². The molecule has 2 aromatic carbocycles. The predicted octanol–water partition coefficient (Wildman–Crippen LogP) is 3.91. The van der Waals surface area contributed by atoms with Crippen LogP contribution in [-0.2, 0) is 4.79 Å². The Bertz CT molecular complexity index is 1350. The molecule has 0 saturated carbocycles. The van der Waals surface area contributed by atoms with Crippen molar-refractivity contribution in [1.29, 1.82) is 0 Å². The molecule has 0 saturated heterocycles. The smallest absolute Gasteiger partial charge is 0.272 e. The molecule has 1 N–H and O–H groups in total. The van der Waals surface area contributed by atoms with Gasteiger partial charge in [0.25, 0.3) is 5.95 Å². The highest BCUT2D eigenvalue weighted by Crippen LogP contribution is 2.40. The van der Waals surface area contributed by atoms with Gasteiger partial charge in [-0.05, 0) is 43.7 Å². The topological polar surface area (TPSA) is 104 Å². The molecule has 5 rings (SSSR count). The summed E-state index contributed by atoms with van der Waals surface area (Å²) in [5, 5.41) is 16.0. The molecule has 3 heterocycles. The number of hydrogen-bond donors (Lipinski definition) is 1. The molecule has 9 heteroatoms. The highest BCUT2D eigenvalue weighted by molar-refractivity contribution is 5.95. The number of rotatable bonds is 6. The molecule has 0 radical (unpaired) electrons. The average Bonchev–Trinajstić information content (AvgIpc) is 3.20. The second kappa shape index (κ2) is 8.93. The minimum atomic E-state index is -0.136. The molecule has 0 aliphatic carbocycles. The number of hydrogen-bond acceptors (Lipinski definition) is 7. The molecule has 1 amide bonds. The highest BCUT2D eigenvalue weighted by atomic mass is 16.5. The lowest BCUT2D eigenvalue weighted by molar-refractivity contribution is -0.116. The Labute approximate surface area is 196 Å². The zero-order valence-electron chi connectivity index (χ0n) is 19.1. The first-order valence-corrected chi connectivity index (χ1v) is 11.0. The molecule has 1 aliphatic rings. The van der Waals surface area contributed by atoms with Gasteiger partial charge < -0.3 is 14.8 Å². The van der Waals surface area contributed by atoms with E-state index in [0.29, 0.717) is 24.5 Å². The number of carbonyl (C=O) groups is 1. The maximum absolute atomic E-state index is 12.7. The Kier molecular flexibility index (Phi) is 5.67. The monoisotopic (exact) mass is 456 g/mol. The van der Waals surface area contributed by atoms with Crippen LogP contribution in [0, 0.1) is 6.92 Å². The SMILES string of the molecule is CCOc1ccc([C@@H]2CC(=O)Nc3c2c(C)nn3-c2nncc(-c3cccc(OC)c3)n2)cc1. The van der Waals surface area contributed by atoms with Gasteiger partial charge in [-0.2, -0.15) is 14.9 Å². The zero-order valence-corrected chi connectivity index (χ0v) is 19.1. The number of methoxy groups -OCH3 is 1. The van der Waals surface area contributed by atoms with Crippen molar-refractivity contribution < 1.29 is 14.3 Å². The Morgan fingerprint density at radius 1 is 1.15 bits per heavy atom. The molecule has 1 atom stereocenters. The van der Waals surface area contributed by atoms with Crippen LogP contribution in [0.5, 0.6) is 11.5 Å². The molecular weight excluding hydrogens is 432 g/mol. The molecule has 2 aromatic heterocycles. The summed E-state index contributed by atoms with van der Waals surface area (Å²) in [6, 6.07) is 15.4. The largest absolute Gasteiger partial charge is 0.497 e. The Morgan fingerprint density at radius 3 is 2.74 bits per heavy atom. The number of nitrogens with one attached hydrogen (secondary N) is 1. The molecule has 0 unspecified atom stereocenters. The summed E-state index contributed by atoms with van der Waals surface area (Å²) in [6.45, 7) is 4.47. The van der Waals surface area contributed by atoms with Gasteiger partial charge in [-0.3, -0.25) is 4.79 Å². The van der Waals surface area contributed by atoms with E-state index in [9.17, 15) is 4.79 Å². The molecule has 0 bridgehead atoms. The van der Waals surface area contributed by atoms with E-state index in [1.807, 2.05) is 62.4 Å². The van der Waals surface area contributed by atoms with Crippen molar-refractivity contribution in [2.24, 2.45) is 0 Å². The Hall–Kier alpha value is -4.27. The van der Waals surface area contributed by atoms with Crippen molar-refractivity contribution in [3.8, 4) is 28.7 Å². The van der Waals surface area contributed by atoms with E-state index >= 15 is 0 Å². The van der Waals surface area contributed by atoms with Crippen LogP contribution in [-0.4, -0.2) is 44.6 Å². The van der Waals surface area contributed by atoms with Gasteiger partial charge in [0.15, 0.2) is 0 Å². The van der Waals surface area contributed by atoms with Gasteiger partial charge in [-0.25, -0.2) is 4.98 Å². The number of carbonyl (C=O) groups excluding carboxylic acids is 1. The molecule has 172 valence electrons. The third kappa shape index (κ3) is 3.96. The number of nitrogens with zero attached hydrogens (tertiary/aromatic N) is 5. The van der Waals surface area contributed by atoms with Crippen molar-refractivity contribution in [1.82, 2.24) is 25.0 Å². The van der Waals surface area contributed by atoms with Crippen molar-refractivity contribution in [3.63, 3.8) is 0 Å². The predicted molar refractivity (Wildman–Crippen MR) is 126 cm³/mol. The van der Waals surface area contributed by atoms with Gasteiger partial charge in [0.05, 0.1) is 31.3 Å². The van der Waals surface area contributed by atoms with Crippen LogP contribution in [0.15, 0.2) is 54.7 Å². The van der Waals surface area contributed by atoms with Crippen LogP contribution in [0.2, 0.25) is 0 Å². The first-order chi connectivity index (χ1) is 16.6. The summed E-state index contributed by atoms with van der Waals surface area (Å²) in [5.41, 5.74) is 4.22. The number of aromatic nitrogens is 5. The maximum Gasteiger partial charge on any atom is 0.272 e. The van der Waals surface area contributed by atoms with Crippen molar-refractivity contribution in [2.75, 3.05) is 19.0 Å². The van der Waals surface area contributed by atoms with Crippen LogP contribution in [0.3, 0.4) is 0 Å². The highest BCUT2D eigenvalue weighted by Gasteiger charge is 2.33. The molecule has 34 heavy (non-hydrogen) atoms. The lowest BCUT2D eigenvalue weighted by Gasteiger charge is -2.24. The van der Waals surface area contributed by atoms with Crippen LogP contribution in [0.1, 0.15) is 36.1 Å². The number of benzene rings is 2. The van der Waals surface area contributed by atoms with Crippen molar-refractivity contribution in [3.05, 3.63) is 71.5 Å². The summed E-state index contributed by atoms with van der Waals surface area (Å²) >= 11 is 0. The minimum absolute atomic E-state index is 0.0931. The molecule has 1 aliphatic heterocycles. The van der Waals surface area contributed by atoms with E-state index in [2.05, 4.69) is 25.6 Å². The average molecular weight is 457 g/mol. The van der Waals surface area contributed by atoms with Gasteiger partial charge >= 0.3 is 0 Å². The number of amides is 1. The van der Waals surface area contributed by atoms with E-state index in [1.165, 1.54) is 0 Å². The van der Waals surface area contributed by atoms with Gasteiger partial charge in [0.1, 0.15) is 17.3 Å². The first-order valence-electron chi connectivity index (χ1n) is 11.0. The lowest BCUT2D eigenvalue weighted by Crippen LogP contribution is -2.25. The normalized spacial score (nSPS) is 14.9. The first kappa shape index (κ1) is 21.6. The number of fused-ring (bicyclic) bond motifs is 1. The maximum atomic E-state index is 12.7. The lowest BCUT2D eigenvalue weighted by atomic mass is 9.86. The van der Waals surface area contributed by atoms with Crippen LogP contribution >= 0.6 is 0 Å². The fraction of sp³-hybridized carbons (Fsp3) is 0.240. The van der Waals surface area contributed by atoms with Crippen LogP contribution in [0.25, 0.3) is 17.2 Å². The fourth-order valence-corrected chi connectivity index (χ4v) is 4.24. The Morgan fingerprint density at radius 2 is 1.97 bits per heavy atom. The molecule has 9 nitrogen and oxygen atoms in total. The van der Waals surface area contributed by atoms with Gasteiger partial charge in [0.2, 0.25) is 5.91 Å². The molecule has 0 spiro atoms. The zero-order chi connectivity index (χ0) is 23.7. The van der Waals surface area contributed by atoms with Crippen LogP contribution in [0.4, 0.5) is 5.82 Å². The second-order valence-corrected chi connectivity index (χ2v) is 7.94. The molecular formula is C25H24N6O3. The quantitative estimate of drug-likeness (QED) is 0.469. The van der Waals surface area contributed by atoms with Crippen molar-refractivity contribution in [2.45, 2.75) is 26.2 Å². The number of aryl methyl sites for hydroxylation is 1. The second-order valence-electron chi connectivity index (χ2n) is 7.94. The van der Waals surface area contributed by atoms with Crippen LogP contribution < -0.4 is 14.8 Å². The van der Waals surface area contributed by atoms with E-state index in [4.69, 9.17) is 9.47 Å². The summed E-state index contributed by atoms with van der Waals surface area (Å²) in [5.74, 6) is 2.13. The minimum Gasteiger partial charge on any atom is -0.497 e. The summed E-state index contributed by atoms with van der Waals surface area (Å²) in [7, 11) is 1.62.